The van der Waals surface area contributed by atoms with Crippen molar-refractivity contribution in [3.8, 4) is 0 Å². The van der Waals surface area contributed by atoms with Gasteiger partial charge in [-0.1, -0.05) is 43.0 Å². The fraction of sp³-hybridized carbons (Fsp3) is 0.522. The third-order valence-electron chi connectivity index (χ3n) is 6.55. The van der Waals surface area contributed by atoms with Crippen molar-refractivity contribution in [2.45, 2.75) is 58.0 Å². The molecule has 1 fully saturated rings. The highest BCUT2D eigenvalue weighted by molar-refractivity contribution is 5.98. The van der Waals surface area contributed by atoms with E-state index in [-0.39, 0.29) is 31.1 Å². The molecule has 1 saturated carbocycles. The van der Waals surface area contributed by atoms with Gasteiger partial charge in [0, 0.05) is 13.1 Å². The summed E-state index contributed by atoms with van der Waals surface area (Å²) in [4.78, 5) is 41.6. The first-order valence-electron chi connectivity index (χ1n) is 10.7. The second kappa shape index (κ2) is 8.13. The Morgan fingerprint density at radius 3 is 2.67 bits per heavy atom. The van der Waals surface area contributed by atoms with Crippen molar-refractivity contribution in [2.24, 2.45) is 0 Å². The van der Waals surface area contributed by atoms with E-state index >= 15 is 0 Å². The van der Waals surface area contributed by atoms with E-state index in [1.165, 1.54) is 11.3 Å². The normalized spacial score (nSPS) is 22.0. The topological polar surface area (TPSA) is 79.0 Å². The first-order valence-corrected chi connectivity index (χ1v) is 10.7. The minimum Gasteiger partial charge on any atom is -0.456 e. The zero-order valence-corrected chi connectivity index (χ0v) is 17.9. The Morgan fingerprint density at radius 1 is 1.20 bits per heavy atom. The smallest absolute Gasteiger partial charge is 0.338 e. The zero-order valence-electron chi connectivity index (χ0n) is 17.9. The summed E-state index contributed by atoms with van der Waals surface area (Å²) in [6.07, 6.45) is 5.46. The van der Waals surface area contributed by atoms with Crippen molar-refractivity contribution in [3.63, 3.8) is 0 Å². The molecule has 0 aromatic heterocycles. The number of benzene rings is 1. The maximum absolute atomic E-state index is 13.0. The number of esters is 1. The highest BCUT2D eigenvalue weighted by Crippen LogP contribution is 2.36. The van der Waals surface area contributed by atoms with Crippen LogP contribution in [0, 0.1) is 13.8 Å². The van der Waals surface area contributed by atoms with Crippen molar-refractivity contribution >= 4 is 17.9 Å². The van der Waals surface area contributed by atoms with Gasteiger partial charge in [-0.3, -0.25) is 9.69 Å². The molecule has 30 heavy (non-hydrogen) atoms. The minimum atomic E-state index is -0.565. The van der Waals surface area contributed by atoms with Crippen LogP contribution in [0.25, 0.3) is 0 Å². The predicted molar refractivity (Wildman–Crippen MR) is 112 cm³/mol. The Bertz CT molecular complexity index is 917. The molecule has 1 aromatic carbocycles. The number of hydrogen-bond acceptors (Lipinski definition) is 4. The van der Waals surface area contributed by atoms with Crippen molar-refractivity contribution in [1.29, 1.82) is 0 Å². The number of nitrogens with one attached hydrogen (secondary N) is 1. The second-order valence-electron chi connectivity index (χ2n) is 8.56. The van der Waals surface area contributed by atoms with Gasteiger partial charge < -0.3 is 15.0 Å². The van der Waals surface area contributed by atoms with E-state index in [4.69, 9.17) is 4.74 Å². The van der Waals surface area contributed by atoms with Crippen LogP contribution in [-0.2, 0) is 14.3 Å². The van der Waals surface area contributed by atoms with Gasteiger partial charge >= 0.3 is 12.0 Å². The molecule has 3 aliphatic rings. The van der Waals surface area contributed by atoms with E-state index in [9.17, 15) is 14.4 Å². The van der Waals surface area contributed by atoms with E-state index in [0.29, 0.717) is 11.3 Å². The molecule has 1 aliphatic carbocycles. The van der Waals surface area contributed by atoms with Crippen LogP contribution in [0.3, 0.4) is 0 Å². The molecule has 4 rings (SSSR count). The lowest BCUT2D eigenvalue weighted by molar-refractivity contribution is -0.136. The highest BCUT2D eigenvalue weighted by atomic mass is 16.5. The van der Waals surface area contributed by atoms with E-state index < -0.39 is 12.0 Å². The summed E-state index contributed by atoms with van der Waals surface area (Å²) in [6.45, 7) is 3.86. The lowest BCUT2D eigenvalue weighted by Gasteiger charge is -2.36. The van der Waals surface area contributed by atoms with E-state index in [2.05, 4.69) is 5.32 Å². The van der Waals surface area contributed by atoms with Gasteiger partial charge in [0.15, 0.2) is 0 Å². The SMILES string of the molecule is Cc1ccc(C)c([C@@H]2NC(=O)N(CC(=O)N(C)C3CCCCC3)C3=C2C(=O)OC3)c1. The summed E-state index contributed by atoms with van der Waals surface area (Å²) in [6, 6.07) is 5.24. The summed E-state index contributed by atoms with van der Waals surface area (Å²) >= 11 is 0. The molecule has 2 aliphatic heterocycles. The lowest BCUT2D eigenvalue weighted by atomic mass is 9.91. The average Bonchev–Trinajstić information content (AvgIpc) is 3.13. The molecule has 7 heteroatoms. The number of carbonyl (C=O) groups is 3. The van der Waals surface area contributed by atoms with Gasteiger partial charge in [0.1, 0.15) is 13.2 Å². The van der Waals surface area contributed by atoms with Crippen LogP contribution >= 0.6 is 0 Å². The predicted octanol–water partition coefficient (Wildman–Crippen LogP) is 2.97. The molecule has 3 amide bonds. The van der Waals surface area contributed by atoms with Gasteiger partial charge in [0.2, 0.25) is 5.91 Å². The Morgan fingerprint density at radius 2 is 1.93 bits per heavy atom. The maximum atomic E-state index is 13.0. The molecule has 1 atom stereocenters. The summed E-state index contributed by atoms with van der Waals surface area (Å²) in [7, 11) is 1.81. The van der Waals surface area contributed by atoms with Crippen LogP contribution in [0.15, 0.2) is 29.5 Å². The molecule has 0 radical (unpaired) electrons. The van der Waals surface area contributed by atoms with Crippen LogP contribution in [-0.4, -0.2) is 53.9 Å². The van der Waals surface area contributed by atoms with Crippen molar-refractivity contribution < 1.29 is 19.1 Å². The number of carbonyl (C=O) groups excluding carboxylic acids is 3. The number of aryl methyl sites for hydroxylation is 2. The summed E-state index contributed by atoms with van der Waals surface area (Å²) in [5, 5.41) is 2.93. The Balaban J connectivity index is 1.61. The minimum absolute atomic E-state index is 0.0172. The first-order chi connectivity index (χ1) is 14.4. The summed E-state index contributed by atoms with van der Waals surface area (Å²) in [5.41, 5.74) is 3.83. The molecule has 0 bridgehead atoms. The molecule has 7 nitrogen and oxygen atoms in total. The van der Waals surface area contributed by atoms with Crippen LogP contribution < -0.4 is 5.32 Å². The average molecular weight is 412 g/mol. The standard InChI is InChI=1S/C23H29N3O4/c1-14-9-10-15(2)17(11-14)21-20-18(13-30-22(20)28)26(23(29)24-21)12-19(27)25(3)16-7-5-4-6-8-16/h9-11,16,21H,4-8,12-13H2,1-3H3,(H,24,29)/t21-/m0/s1. The van der Waals surface area contributed by atoms with Crippen LogP contribution in [0.1, 0.15) is 54.8 Å². The number of amides is 3. The molecule has 2 heterocycles. The third kappa shape index (κ3) is 3.68. The Kier molecular flexibility index (Phi) is 5.54. The van der Waals surface area contributed by atoms with E-state index in [1.807, 2.05) is 39.1 Å². The van der Waals surface area contributed by atoms with Crippen molar-refractivity contribution in [2.75, 3.05) is 20.2 Å². The van der Waals surface area contributed by atoms with Gasteiger partial charge in [0.25, 0.3) is 0 Å². The number of likely N-dealkylation sites (N-methyl/N-ethyl adjacent to an activating group) is 1. The number of urea groups is 1. The molecule has 0 spiro atoms. The molecule has 1 N–H and O–H groups in total. The number of hydrogen-bond donors (Lipinski definition) is 1. The van der Waals surface area contributed by atoms with Gasteiger partial charge in [-0.25, -0.2) is 9.59 Å². The van der Waals surface area contributed by atoms with Crippen molar-refractivity contribution in [3.05, 3.63) is 46.2 Å². The van der Waals surface area contributed by atoms with Gasteiger partial charge in [-0.2, -0.15) is 0 Å². The second-order valence-corrected chi connectivity index (χ2v) is 8.56. The summed E-state index contributed by atoms with van der Waals surface area (Å²) < 4.78 is 5.29. The number of nitrogens with zero attached hydrogens (tertiary/aromatic N) is 2. The van der Waals surface area contributed by atoms with Crippen LogP contribution in [0.4, 0.5) is 4.79 Å². The largest absolute Gasteiger partial charge is 0.456 e. The van der Waals surface area contributed by atoms with E-state index in [1.54, 1.807) is 4.90 Å². The first kappa shape index (κ1) is 20.4. The van der Waals surface area contributed by atoms with Crippen LogP contribution in [0.2, 0.25) is 0 Å². The maximum Gasteiger partial charge on any atom is 0.338 e. The monoisotopic (exact) mass is 411 g/mol. The molecule has 1 aromatic rings. The zero-order chi connectivity index (χ0) is 21.4. The van der Waals surface area contributed by atoms with Crippen LogP contribution in [0.5, 0.6) is 0 Å². The Labute approximate surface area is 177 Å². The number of rotatable bonds is 4. The molecule has 160 valence electrons. The fourth-order valence-corrected chi connectivity index (χ4v) is 4.70. The van der Waals surface area contributed by atoms with Gasteiger partial charge in [-0.05, 0) is 37.8 Å². The summed E-state index contributed by atoms with van der Waals surface area (Å²) in [5.74, 6) is -0.553. The fourth-order valence-electron chi connectivity index (χ4n) is 4.70. The quantitative estimate of drug-likeness (QED) is 0.773. The molecule has 0 unspecified atom stereocenters. The number of cyclic esters (lactones) is 1. The van der Waals surface area contributed by atoms with E-state index in [0.717, 1.165) is 42.4 Å². The molecule has 0 saturated heterocycles. The lowest BCUT2D eigenvalue weighted by Crippen LogP contribution is -2.52. The molecular formula is C23H29N3O4. The van der Waals surface area contributed by atoms with Gasteiger partial charge in [-0.15, -0.1) is 0 Å². The molecular weight excluding hydrogens is 382 g/mol. The Hall–Kier alpha value is -2.83. The highest BCUT2D eigenvalue weighted by Gasteiger charge is 2.43. The van der Waals surface area contributed by atoms with Gasteiger partial charge in [0.05, 0.1) is 17.3 Å². The number of ether oxygens (including phenoxy) is 1. The third-order valence-corrected chi connectivity index (χ3v) is 6.55. The van der Waals surface area contributed by atoms with Crippen molar-refractivity contribution in [1.82, 2.24) is 15.1 Å².